The van der Waals surface area contributed by atoms with Gasteiger partial charge in [0.2, 0.25) is 0 Å². The Kier molecular flexibility index (Phi) is 5.96. The van der Waals surface area contributed by atoms with E-state index in [-0.39, 0.29) is 5.91 Å². The fraction of sp³-hybridized carbons (Fsp3) is 0.294. The molecule has 0 aliphatic carbocycles. The molecule has 0 saturated heterocycles. The summed E-state index contributed by atoms with van der Waals surface area (Å²) in [6, 6.07) is 5.54. The van der Waals surface area contributed by atoms with E-state index >= 15 is 0 Å². The number of nitrogens with zero attached hydrogens (tertiary/aromatic N) is 1. The predicted octanol–water partition coefficient (Wildman–Crippen LogP) is 3.66. The van der Waals surface area contributed by atoms with Crippen LogP contribution in [-0.2, 0) is 4.74 Å². The van der Waals surface area contributed by atoms with Gasteiger partial charge in [-0.1, -0.05) is 17.7 Å². The summed E-state index contributed by atoms with van der Waals surface area (Å²) in [4.78, 5) is 16.5. The van der Waals surface area contributed by atoms with Crippen molar-refractivity contribution in [3.8, 4) is 0 Å². The number of anilines is 2. The summed E-state index contributed by atoms with van der Waals surface area (Å²) in [6.07, 6.45) is 3.19. The number of hydrogen-bond donors (Lipinski definition) is 2. The maximum atomic E-state index is 12.4. The number of pyridine rings is 1. The number of aromatic nitrogens is 1. The van der Waals surface area contributed by atoms with Crippen LogP contribution in [-0.4, -0.2) is 31.2 Å². The van der Waals surface area contributed by atoms with Crippen LogP contribution in [0, 0.1) is 13.8 Å². The maximum Gasteiger partial charge on any atom is 0.257 e. The Morgan fingerprint density at radius 1 is 1.26 bits per heavy atom. The van der Waals surface area contributed by atoms with Crippen LogP contribution < -0.4 is 10.6 Å². The molecule has 0 aliphatic heterocycles. The average Bonchev–Trinajstić information content (AvgIpc) is 2.51. The molecular weight excluding hydrogens is 314 g/mol. The first kappa shape index (κ1) is 17.2. The largest absolute Gasteiger partial charge is 0.383 e. The monoisotopic (exact) mass is 333 g/mol. The van der Waals surface area contributed by atoms with Gasteiger partial charge >= 0.3 is 0 Å². The molecule has 1 aromatic heterocycles. The lowest BCUT2D eigenvalue weighted by Gasteiger charge is -2.12. The van der Waals surface area contributed by atoms with Crippen molar-refractivity contribution in [1.29, 1.82) is 0 Å². The predicted molar refractivity (Wildman–Crippen MR) is 93.5 cm³/mol. The van der Waals surface area contributed by atoms with Gasteiger partial charge in [0.05, 0.1) is 28.6 Å². The first-order valence-corrected chi connectivity index (χ1v) is 7.65. The second-order valence-electron chi connectivity index (χ2n) is 5.27. The van der Waals surface area contributed by atoms with Crippen molar-refractivity contribution < 1.29 is 9.53 Å². The summed E-state index contributed by atoms with van der Waals surface area (Å²) in [5.41, 5.74) is 3.83. The van der Waals surface area contributed by atoms with Gasteiger partial charge in [-0.15, -0.1) is 0 Å². The Labute approximate surface area is 141 Å². The van der Waals surface area contributed by atoms with Crippen LogP contribution in [0.25, 0.3) is 0 Å². The number of aryl methyl sites for hydroxylation is 2. The van der Waals surface area contributed by atoms with Gasteiger partial charge in [-0.2, -0.15) is 0 Å². The second kappa shape index (κ2) is 7.94. The molecule has 0 radical (unpaired) electrons. The van der Waals surface area contributed by atoms with Crippen LogP contribution in [0.15, 0.2) is 30.6 Å². The van der Waals surface area contributed by atoms with Crippen molar-refractivity contribution in [3.05, 3.63) is 52.3 Å². The Bertz CT molecular complexity index is 681. The van der Waals surface area contributed by atoms with Gasteiger partial charge in [-0.25, -0.2) is 0 Å². The lowest BCUT2D eigenvalue weighted by atomic mass is 10.1. The lowest BCUT2D eigenvalue weighted by molar-refractivity contribution is 0.102. The topological polar surface area (TPSA) is 63.2 Å². The fourth-order valence-corrected chi connectivity index (χ4v) is 2.59. The average molecular weight is 334 g/mol. The molecule has 0 bridgehead atoms. The summed E-state index contributed by atoms with van der Waals surface area (Å²) < 4.78 is 4.98. The number of hydrogen-bond acceptors (Lipinski definition) is 4. The molecule has 2 rings (SSSR count). The molecule has 0 saturated carbocycles. The molecule has 1 aromatic carbocycles. The highest BCUT2D eigenvalue weighted by Crippen LogP contribution is 2.27. The van der Waals surface area contributed by atoms with Crippen molar-refractivity contribution in [2.45, 2.75) is 13.8 Å². The minimum absolute atomic E-state index is 0.248. The third-order valence-electron chi connectivity index (χ3n) is 3.31. The number of carbonyl (C=O) groups is 1. The highest BCUT2D eigenvalue weighted by molar-refractivity contribution is 6.34. The first-order chi connectivity index (χ1) is 11.0. The van der Waals surface area contributed by atoms with Gasteiger partial charge in [0, 0.05) is 26.0 Å². The summed E-state index contributed by atoms with van der Waals surface area (Å²) in [7, 11) is 1.64. The first-order valence-electron chi connectivity index (χ1n) is 7.27. The molecule has 0 aliphatic rings. The van der Waals surface area contributed by atoms with Gasteiger partial charge in [0.25, 0.3) is 5.91 Å². The van der Waals surface area contributed by atoms with E-state index in [2.05, 4.69) is 15.6 Å². The molecule has 0 unspecified atom stereocenters. The molecule has 1 heterocycles. The second-order valence-corrected chi connectivity index (χ2v) is 5.68. The van der Waals surface area contributed by atoms with E-state index in [1.165, 1.54) is 6.20 Å². The van der Waals surface area contributed by atoms with Crippen LogP contribution in [0.2, 0.25) is 5.02 Å². The number of nitrogens with one attached hydrogen (secondary N) is 2. The van der Waals surface area contributed by atoms with Gasteiger partial charge in [-0.3, -0.25) is 9.78 Å². The van der Waals surface area contributed by atoms with Crippen LogP contribution in [0.4, 0.5) is 11.4 Å². The standard InChI is InChI=1S/C17H20ClN3O2/c1-11-6-12(2)16(15(18)7-11)21-17(22)13-8-14(10-19-9-13)20-4-5-23-3/h6-10,20H,4-5H2,1-3H3,(H,21,22). The molecule has 1 amide bonds. The number of rotatable bonds is 6. The Morgan fingerprint density at radius 3 is 2.74 bits per heavy atom. The minimum Gasteiger partial charge on any atom is -0.383 e. The van der Waals surface area contributed by atoms with E-state index < -0.39 is 0 Å². The smallest absolute Gasteiger partial charge is 0.257 e. The van der Waals surface area contributed by atoms with Crippen LogP contribution >= 0.6 is 11.6 Å². The molecule has 0 atom stereocenters. The number of halogens is 1. The third kappa shape index (κ3) is 4.68. The molecule has 5 nitrogen and oxygen atoms in total. The SMILES string of the molecule is COCCNc1cncc(C(=O)Nc2c(C)cc(C)cc2Cl)c1. The van der Waals surface area contributed by atoms with Gasteiger partial charge in [0.15, 0.2) is 0 Å². The zero-order valence-corrected chi connectivity index (χ0v) is 14.2. The van der Waals surface area contributed by atoms with E-state index in [0.717, 1.165) is 16.8 Å². The number of methoxy groups -OCH3 is 1. The molecular formula is C17H20ClN3O2. The molecule has 6 heteroatoms. The number of amides is 1. The quantitative estimate of drug-likeness (QED) is 0.792. The van der Waals surface area contributed by atoms with Crippen LogP contribution in [0.1, 0.15) is 21.5 Å². The van der Waals surface area contributed by atoms with Gasteiger partial charge in [-0.05, 0) is 37.1 Å². The van der Waals surface area contributed by atoms with Gasteiger partial charge < -0.3 is 15.4 Å². The van der Waals surface area contributed by atoms with Crippen molar-refractivity contribution in [1.82, 2.24) is 4.98 Å². The van der Waals surface area contributed by atoms with E-state index in [9.17, 15) is 4.79 Å². The molecule has 0 spiro atoms. The number of carbonyl (C=O) groups excluding carboxylic acids is 1. The normalized spacial score (nSPS) is 10.4. The van der Waals surface area contributed by atoms with E-state index in [1.54, 1.807) is 19.4 Å². The Hall–Kier alpha value is -2.11. The highest BCUT2D eigenvalue weighted by Gasteiger charge is 2.12. The minimum atomic E-state index is -0.248. The van der Waals surface area contributed by atoms with Crippen LogP contribution in [0.5, 0.6) is 0 Å². The van der Waals surface area contributed by atoms with Crippen molar-refractivity contribution >= 4 is 28.9 Å². The van der Waals surface area contributed by atoms with Crippen molar-refractivity contribution in [2.75, 3.05) is 30.9 Å². The summed E-state index contributed by atoms with van der Waals surface area (Å²) in [5, 5.41) is 6.52. The Morgan fingerprint density at radius 2 is 2.04 bits per heavy atom. The van der Waals surface area contributed by atoms with E-state index in [4.69, 9.17) is 16.3 Å². The summed E-state index contributed by atoms with van der Waals surface area (Å²) in [6.45, 7) is 5.10. The molecule has 2 aromatic rings. The maximum absolute atomic E-state index is 12.4. The van der Waals surface area contributed by atoms with E-state index in [0.29, 0.717) is 29.4 Å². The van der Waals surface area contributed by atoms with Crippen molar-refractivity contribution in [3.63, 3.8) is 0 Å². The zero-order valence-electron chi connectivity index (χ0n) is 13.4. The van der Waals surface area contributed by atoms with Crippen molar-refractivity contribution in [2.24, 2.45) is 0 Å². The third-order valence-corrected chi connectivity index (χ3v) is 3.60. The van der Waals surface area contributed by atoms with Gasteiger partial charge in [0.1, 0.15) is 0 Å². The highest BCUT2D eigenvalue weighted by atomic mass is 35.5. The molecule has 0 fully saturated rings. The summed E-state index contributed by atoms with van der Waals surface area (Å²) >= 11 is 6.23. The number of ether oxygens (including phenoxy) is 1. The molecule has 23 heavy (non-hydrogen) atoms. The lowest BCUT2D eigenvalue weighted by Crippen LogP contribution is -2.14. The van der Waals surface area contributed by atoms with Crippen LogP contribution in [0.3, 0.4) is 0 Å². The number of benzene rings is 1. The molecule has 2 N–H and O–H groups in total. The Balaban J connectivity index is 2.13. The molecule has 122 valence electrons. The van der Waals surface area contributed by atoms with E-state index in [1.807, 2.05) is 26.0 Å². The summed E-state index contributed by atoms with van der Waals surface area (Å²) in [5.74, 6) is -0.248. The fourth-order valence-electron chi connectivity index (χ4n) is 2.22. The zero-order chi connectivity index (χ0) is 16.8.